The van der Waals surface area contributed by atoms with Gasteiger partial charge in [0.05, 0.1) is 0 Å². The number of hydrogen-bond acceptors (Lipinski definition) is 4. The number of rotatable bonds is 2. The Bertz CT molecular complexity index is 324. The van der Waals surface area contributed by atoms with Crippen molar-refractivity contribution in [3.8, 4) is 0 Å². The van der Waals surface area contributed by atoms with Crippen molar-refractivity contribution in [1.82, 2.24) is 5.32 Å². The maximum atomic E-state index is 10.0. The number of nitrogens with one attached hydrogen (secondary N) is 1. The zero-order valence-electron chi connectivity index (χ0n) is 7.47. The molecule has 0 bridgehead atoms. The Morgan fingerprint density at radius 3 is 1.80 bits per heavy atom. The monoisotopic (exact) mass is 212 g/mol. The fourth-order valence-corrected chi connectivity index (χ4v) is 0.510. The molecule has 7 heteroatoms. The molecule has 1 heterocycles. The van der Waals surface area contributed by atoms with E-state index in [0.29, 0.717) is 6.08 Å². The van der Waals surface area contributed by atoms with Gasteiger partial charge < -0.3 is 10.8 Å². The largest absolute Gasteiger partial charge is 0.478 e. The van der Waals surface area contributed by atoms with Crippen LogP contribution in [0.25, 0.3) is 0 Å². The minimum atomic E-state index is -1.18. The summed E-state index contributed by atoms with van der Waals surface area (Å²) in [6, 6.07) is 0. The lowest BCUT2D eigenvalue weighted by molar-refractivity contribution is -0.131. The molecule has 0 unspecified atom stereocenters. The summed E-state index contributed by atoms with van der Waals surface area (Å²) in [6.45, 7) is 0. The Hall–Kier alpha value is -2.44. The zero-order valence-corrected chi connectivity index (χ0v) is 7.47. The molecule has 1 rings (SSSR count). The summed E-state index contributed by atoms with van der Waals surface area (Å²) in [4.78, 5) is 39.5. The van der Waals surface area contributed by atoms with Crippen molar-refractivity contribution >= 4 is 23.7 Å². The van der Waals surface area contributed by atoms with Crippen molar-refractivity contribution in [3.63, 3.8) is 0 Å². The number of primary amides is 1. The number of imide groups is 1. The van der Waals surface area contributed by atoms with Gasteiger partial charge in [-0.15, -0.1) is 0 Å². The van der Waals surface area contributed by atoms with Crippen molar-refractivity contribution in [2.24, 2.45) is 5.73 Å². The number of carboxylic acids is 1. The molecule has 15 heavy (non-hydrogen) atoms. The molecule has 0 saturated carbocycles. The van der Waals surface area contributed by atoms with E-state index in [-0.39, 0.29) is 11.8 Å². The first kappa shape index (κ1) is 12.6. The van der Waals surface area contributed by atoms with E-state index < -0.39 is 11.9 Å². The van der Waals surface area contributed by atoms with E-state index in [4.69, 9.17) is 5.11 Å². The fraction of sp³-hybridized carbons (Fsp3) is 0. The molecular weight excluding hydrogens is 204 g/mol. The molecule has 80 valence electrons. The SMILES string of the molecule is NC(=O)C=CC(=O)O.O=C1C=CC(=O)N1. The predicted octanol–water partition coefficient (Wildman–Crippen LogP) is -1.69. The molecule has 7 nitrogen and oxygen atoms in total. The van der Waals surface area contributed by atoms with Gasteiger partial charge in [-0.3, -0.25) is 19.7 Å². The maximum absolute atomic E-state index is 10.0. The van der Waals surface area contributed by atoms with Crippen molar-refractivity contribution in [2.75, 3.05) is 0 Å². The van der Waals surface area contributed by atoms with Crippen LogP contribution in [0.3, 0.4) is 0 Å². The summed E-state index contributed by atoms with van der Waals surface area (Å²) >= 11 is 0. The van der Waals surface area contributed by atoms with E-state index >= 15 is 0 Å². The molecule has 0 radical (unpaired) electrons. The van der Waals surface area contributed by atoms with E-state index in [1.54, 1.807) is 0 Å². The van der Waals surface area contributed by atoms with Crippen LogP contribution in [-0.2, 0) is 19.2 Å². The Morgan fingerprint density at radius 2 is 1.67 bits per heavy atom. The molecule has 0 aromatic rings. The van der Waals surface area contributed by atoms with Crippen molar-refractivity contribution in [1.29, 1.82) is 0 Å². The molecule has 3 amide bonds. The summed E-state index contributed by atoms with van der Waals surface area (Å²) in [5.74, 6) is -2.59. The summed E-state index contributed by atoms with van der Waals surface area (Å²) in [7, 11) is 0. The van der Waals surface area contributed by atoms with Crippen LogP contribution >= 0.6 is 0 Å². The number of carbonyl (C=O) groups excluding carboxylic acids is 3. The van der Waals surface area contributed by atoms with Crippen LogP contribution < -0.4 is 11.1 Å². The van der Waals surface area contributed by atoms with E-state index in [2.05, 4.69) is 5.73 Å². The number of hydrogen-bond donors (Lipinski definition) is 3. The van der Waals surface area contributed by atoms with Gasteiger partial charge in [0.15, 0.2) is 0 Å². The van der Waals surface area contributed by atoms with Crippen LogP contribution in [-0.4, -0.2) is 28.8 Å². The highest BCUT2D eigenvalue weighted by atomic mass is 16.4. The molecule has 0 aromatic heterocycles. The molecule has 0 aliphatic carbocycles. The Kier molecular flexibility index (Phi) is 5.09. The quantitative estimate of drug-likeness (QED) is 0.372. The Morgan fingerprint density at radius 1 is 1.20 bits per heavy atom. The second kappa shape index (κ2) is 6.08. The van der Waals surface area contributed by atoms with Crippen LogP contribution in [0.15, 0.2) is 24.3 Å². The minimum absolute atomic E-state index is 0.329. The van der Waals surface area contributed by atoms with E-state index in [9.17, 15) is 19.2 Å². The summed E-state index contributed by atoms with van der Waals surface area (Å²) in [5, 5.41) is 9.90. The average molecular weight is 212 g/mol. The third-order valence-corrected chi connectivity index (χ3v) is 1.02. The van der Waals surface area contributed by atoms with Crippen molar-refractivity contribution in [3.05, 3.63) is 24.3 Å². The molecule has 4 N–H and O–H groups in total. The highest BCUT2D eigenvalue weighted by molar-refractivity contribution is 6.12. The van der Waals surface area contributed by atoms with E-state index in [1.165, 1.54) is 12.2 Å². The molecule has 0 spiro atoms. The van der Waals surface area contributed by atoms with Gasteiger partial charge in [-0.2, -0.15) is 0 Å². The fourth-order valence-electron chi connectivity index (χ4n) is 0.510. The molecule has 1 aliphatic heterocycles. The average Bonchev–Trinajstić information content (AvgIpc) is 2.47. The van der Waals surface area contributed by atoms with Gasteiger partial charge in [-0.1, -0.05) is 0 Å². The molecular formula is C8H8N2O5. The van der Waals surface area contributed by atoms with Crippen molar-refractivity contribution in [2.45, 2.75) is 0 Å². The molecule has 0 aromatic carbocycles. The third-order valence-electron chi connectivity index (χ3n) is 1.02. The second-order valence-electron chi connectivity index (χ2n) is 2.26. The highest BCUT2D eigenvalue weighted by Gasteiger charge is 2.06. The van der Waals surface area contributed by atoms with Gasteiger partial charge >= 0.3 is 5.97 Å². The maximum Gasteiger partial charge on any atom is 0.328 e. The van der Waals surface area contributed by atoms with Gasteiger partial charge in [-0.25, -0.2) is 4.79 Å². The Balaban J connectivity index is 0.000000262. The molecule has 1 aliphatic rings. The summed E-state index contributed by atoms with van der Waals surface area (Å²) in [6.07, 6.45) is 3.86. The van der Waals surface area contributed by atoms with Gasteiger partial charge in [-0.05, 0) is 0 Å². The number of carboxylic acid groups (broad SMARTS) is 1. The first-order valence-electron chi connectivity index (χ1n) is 3.65. The van der Waals surface area contributed by atoms with Crippen molar-refractivity contribution < 1.29 is 24.3 Å². The first-order chi connectivity index (χ1) is 6.91. The molecule has 0 fully saturated rings. The van der Waals surface area contributed by atoms with Gasteiger partial charge in [0.1, 0.15) is 0 Å². The minimum Gasteiger partial charge on any atom is -0.478 e. The molecule has 0 saturated heterocycles. The van der Waals surface area contributed by atoms with E-state index in [1.807, 2.05) is 5.32 Å². The Labute approximate surface area is 84.2 Å². The summed E-state index contributed by atoms with van der Waals surface area (Å²) < 4.78 is 0. The van der Waals surface area contributed by atoms with Crippen LogP contribution in [0.5, 0.6) is 0 Å². The topological polar surface area (TPSA) is 127 Å². The lowest BCUT2D eigenvalue weighted by Crippen LogP contribution is -2.19. The molecule has 0 atom stereocenters. The van der Waals surface area contributed by atoms with Crippen LogP contribution in [0.2, 0.25) is 0 Å². The van der Waals surface area contributed by atoms with Gasteiger partial charge in [0.2, 0.25) is 5.91 Å². The second-order valence-corrected chi connectivity index (χ2v) is 2.26. The number of aliphatic carboxylic acids is 1. The smallest absolute Gasteiger partial charge is 0.328 e. The highest BCUT2D eigenvalue weighted by Crippen LogP contribution is 1.82. The lowest BCUT2D eigenvalue weighted by atomic mass is 10.5. The number of carbonyl (C=O) groups is 4. The number of nitrogens with two attached hydrogens (primary N) is 1. The normalized spacial score (nSPS) is 13.3. The first-order valence-corrected chi connectivity index (χ1v) is 3.65. The third kappa shape index (κ3) is 7.91. The van der Waals surface area contributed by atoms with Gasteiger partial charge in [0, 0.05) is 24.3 Å². The van der Waals surface area contributed by atoms with Crippen LogP contribution in [0.4, 0.5) is 0 Å². The van der Waals surface area contributed by atoms with E-state index in [0.717, 1.165) is 6.08 Å². The lowest BCUT2D eigenvalue weighted by Gasteiger charge is -1.80. The van der Waals surface area contributed by atoms with Crippen LogP contribution in [0, 0.1) is 0 Å². The standard InChI is InChI=1S/C4H5NO3.C4H3NO2/c5-3(6)1-2-4(7)8;6-3-1-2-4(7)5-3/h1-2H,(H2,5,6)(H,7,8);1-2H,(H,5,6,7). The zero-order chi connectivity index (χ0) is 11.8. The van der Waals surface area contributed by atoms with Gasteiger partial charge in [0.25, 0.3) is 11.8 Å². The number of amides is 3. The van der Waals surface area contributed by atoms with Crippen LogP contribution in [0.1, 0.15) is 0 Å². The predicted molar refractivity (Wildman–Crippen MR) is 48.3 cm³/mol. The summed E-state index contributed by atoms with van der Waals surface area (Å²) in [5.41, 5.74) is 4.55.